The third-order valence-corrected chi connectivity index (χ3v) is 7.68. The number of ether oxygens (including phenoxy) is 1. The predicted molar refractivity (Wildman–Crippen MR) is 140 cm³/mol. The van der Waals surface area contributed by atoms with Crippen molar-refractivity contribution in [1.82, 2.24) is 5.32 Å². The molecule has 1 aromatic heterocycles. The standard InChI is InChI=1S/C29H27FN2O3S/c1-3-35-22-12-6-18(7-13-22)27-26(29(34)32-21-10-8-20(30)9-11-21)17(2)31-23-15-19(16-24(33)28(23)27)25-5-4-14-36-25/h4-14,19,27,31H,3,15-16H2,1-2H3,(H,32,34). The minimum atomic E-state index is -0.519. The number of anilines is 1. The minimum Gasteiger partial charge on any atom is -0.494 e. The van der Waals surface area contributed by atoms with Crippen LogP contribution in [0, 0.1) is 5.82 Å². The second-order valence-electron chi connectivity index (χ2n) is 9.00. The molecule has 2 aliphatic rings. The van der Waals surface area contributed by atoms with Crippen LogP contribution in [-0.2, 0) is 9.59 Å². The number of ketones is 1. The molecule has 5 nitrogen and oxygen atoms in total. The zero-order chi connectivity index (χ0) is 25.2. The normalized spacial score (nSPS) is 19.6. The van der Waals surface area contributed by atoms with Crippen molar-refractivity contribution in [1.29, 1.82) is 0 Å². The number of hydrogen-bond acceptors (Lipinski definition) is 5. The molecule has 0 radical (unpaired) electrons. The van der Waals surface area contributed by atoms with Gasteiger partial charge in [-0.1, -0.05) is 18.2 Å². The lowest BCUT2D eigenvalue weighted by atomic mass is 9.72. The molecule has 1 aliphatic heterocycles. The number of carbonyl (C=O) groups excluding carboxylic acids is 2. The molecule has 0 fully saturated rings. The number of nitrogens with one attached hydrogen (secondary N) is 2. The Hall–Kier alpha value is -3.71. The Morgan fingerprint density at radius 3 is 2.53 bits per heavy atom. The molecule has 0 saturated carbocycles. The van der Waals surface area contributed by atoms with Crippen LogP contribution in [0.15, 0.2) is 88.6 Å². The van der Waals surface area contributed by atoms with Crippen LogP contribution in [0.4, 0.5) is 10.1 Å². The van der Waals surface area contributed by atoms with E-state index < -0.39 is 5.92 Å². The fourth-order valence-electron chi connectivity index (χ4n) is 5.05. The van der Waals surface area contributed by atoms with Gasteiger partial charge in [0.25, 0.3) is 5.91 Å². The lowest BCUT2D eigenvalue weighted by Gasteiger charge is -2.36. The third kappa shape index (κ3) is 4.71. The number of rotatable bonds is 6. The average Bonchev–Trinajstić information content (AvgIpc) is 3.40. The first-order chi connectivity index (χ1) is 17.4. The van der Waals surface area contributed by atoms with Crippen molar-refractivity contribution < 1.29 is 18.7 Å². The summed E-state index contributed by atoms with van der Waals surface area (Å²) in [6.45, 7) is 4.34. The molecule has 2 atom stereocenters. The Morgan fingerprint density at radius 2 is 1.86 bits per heavy atom. The monoisotopic (exact) mass is 502 g/mol. The number of carbonyl (C=O) groups is 2. The van der Waals surface area contributed by atoms with Crippen LogP contribution in [0.3, 0.4) is 0 Å². The highest BCUT2D eigenvalue weighted by atomic mass is 32.1. The van der Waals surface area contributed by atoms with E-state index in [-0.39, 0.29) is 23.4 Å². The van der Waals surface area contributed by atoms with Crippen LogP contribution in [0.25, 0.3) is 0 Å². The summed E-state index contributed by atoms with van der Waals surface area (Å²) in [6, 6.07) is 17.3. The van der Waals surface area contributed by atoms with Crippen molar-refractivity contribution in [3.63, 3.8) is 0 Å². The number of hydrogen-bond donors (Lipinski definition) is 2. The van der Waals surface area contributed by atoms with E-state index in [4.69, 9.17) is 4.74 Å². The maximum atomic E-state index is 13.6. The van der Waals surface area contributed by atoms with Gasteiger partial charge in [-0.25, -0.2) is 4.39 Å². The van der Waals surface area contributed by atoms with Crippen molar-refractivity contribution in [2.45, 2.75) is 38.5 Å². The molecule has 1 amide bonds. The summed E-state index contributed by atoms with van der Waals surface area (Å²) >= 11 is 1.66. The summed E-state index contributed by atoms with van der Waals surface area (Å²) in [5, 5.41) is 8.31. The van der Waals surface area contributed by atoms with Gasteiger partial charge in [0.1, 0.15) is 11.6 Å². The fraction of sp³-hybridized carbons (Fsp3) is 0.241. The lowest BCUT2D eigenvalue weighted by Crippen LogP contribution is -2.37. The molecule has 36 heavy (non-hydrogen) atoms. The maximum absolute atomic E-state index is 13.6. The summed E-state index contributed by atoms with van der Waals surface area (Å²) in [7, 11) is 0. The SMILES string of the molecule is CCOc1ccc(C2C(C(=O)Nc3ccc(F)cc3)=C(C)NC3=C2C(=O)CC(c2cccs2)C3)cc1. The first kappa shape index (κ1) is 24.0. The highest BCUT2D eigenvalue weighted by molar-refractivity contribution is 7.10. The number of allylic oxidation sites excluding steroid dienone is 3. The van der Waals surface area contributed by atoms with Crippen LogP contribution < -0.4 is 15.4 Å². The third-order valence-electron chi connectivity index (χ3n) is 6.64. The molecular weight excluding hydrogens is 475 g/mol. The molecule has 184 valence electrons. The van der Waals surface area contributed by atoms with E-state index in [1.54, 1.807) is 11.3 Å². The van der Waals surface area contributed by atoms with Crippen molar-refractivity contribution in [2.24, 2.45) is 0 Å². The van der Waals surface area contributed by atoms with Gasteiger partial charge in [0.2, 0.25) is 0 Å². The maximum Gasteiger partial charge on any atom is 0.254 e. The number of halogens is 1. The van der Waals surface area contributed by atoms with Crippen molar-refractivity contribution >= 4 is 28.7 Å². The Bertz CT molecular complexity index is 1340. The largest absolute Gasteiger partial charge is 0.494 e. The molecule has 1 aliphatic carbocycles. The fourth-order valence-corrected chi connectivity index (χ4v) is 5.88. The molecule has 2 N–H and O–H groups in total. The van der Waals surface area contributed by atoms with Crippen molar-refractivity contribution in [3.8, 4) is 5.75 Å². The van der Waals surface area contributed by atoms with Gasteiger partial charge >= 0.3 is 0 Å². The van der Waals surface area contributed by atoms with E-state index >= 15 is 0 Å². The molecule has 5 rings (SSSR count). The summed E-state index contributed by atoms with van der Waals surface area (Å²) < 4.78 is 19.0. The van der Waals surface area contributed by atoms with E-state index in [1.165, 1.54) is 29.1 Å². The highest BCUT2D eigenvalue weighted by Gasteiger charge is 2.41. The average molecular weight is 503 g/mol. The zero-order valence-electron chi connectivity index (χ0n) is 20.1. The zero-order valence-corrected chi connectivity index (χ0v) is 21.0. The van der Waals surface area contributed by atoms with Gasteiger partial charge in [-0.3, -0.25) is 9.59 Å². The number of benzene rings is 2. The van der Waals surface area contributed by atoms with Crippen molar-refractivity contribution in [3.05, 3.63) is 105 Å². The van der Waals surface area contributed by atoms with Crippen molar-refractivity contribution in [2.75, 3.05) is 11.9 Å². The number of amides is 1. The number of dihydropyridines is 1. The van der Waals surface area contributed by atoms with E-state index in [0.29, 0.717) is 42.0 Å². The van der Waals surface area contributed by atoms with Gasteiger partial charge in [0, 0.05) is 51.4 Å². The number of thiophene rings is 1. The summed E-state index contributed by atoms with van der Waals surface area (Å²) in [4.78, 5) is 28.4. The Kier molecular flexibility index (Phi) is 6.74. The first-order valence-electron chi connectivity index (χ1n) is 12.0. The number of Topliss-reactive ketones (excluding diaryl/α,β-unsaturated/α-hetero) is 1. The van der Waals surface area contributed by atoms with Gasteiger partial charge in [0.05, 0.1) is 6.61 Å². The molecule has 2 heterocycles. The van der Waals surface area contributed by atoms with E-state index in [9.17, 15) is 14.0 Å². The Morgan fingerprint density at radius 1 is 1.11 bits per heavy atom. The van der Waals surface area contributed by atoms with Crippen LogP contribution in [0.2, 0.25) is 0 Å². The van der Waals surface area contributed by atoms with Crippen LogP contribution >= 0.6 is 11.3 Å². The van der Waals surface area contributed by atoms with Crippen LogP contribution in [0.1, 0.15) is 49.0 Å². The Labute approximate surface area is 213 Å². The minimum absolute atomic E-state index is 0.0422. The van der Waals surface area contributed by atoms with Gasteiger partial charge < -0.3 is 15.4 Å². The second-order valence-corrected chi connectivity index (χ2v) is 9.98. The van der Waals surface area contributed by atoms with Crippen LogP contribution in [0.5, 0.6) is 5.75 Å². The second kappa shape index (κ2) is 10.1. The molecule has 2 unspecified atom stereocenters. The summed E-state index contributed by atoms with van der Waals surface area (Å²) in [5.41, 5.74) is 4.02. The van der Waals surface area contributed by atoms with E-state index in [1.807, 2.05) is 49.6 Å². The molecule has 0 bridgehead atoms. The summed E-state index contributed by atoms with van der Waals surface area (Å²) in [5.74, 6) is -0.333. The lowest BCUT2D eigenvalue weighted by molar-refractivity contribution is -0.116. The molecular formula is C29H27FN2O3S. The molecule has 3 aromatic rings. The molecule has 0 spiro atoms. The first-order valence-corrected chi connectivity index (χ1v) is 12.9. The smallest absolute Gasteiger partial charge is 0.254 e. The van der Waals surface area contributed by atoms with Gasteiger partial charge in [0.15, 0.2) is 5.78 Å². The quantitative estimate of drug-likeness (QED) is 0.416. The predicted octanol–water partition coefficient (Wildman–Crippen LogP) is 6.29. The van der Waals surface area contributed by atoms with Gasteiger partial charge in [-0.2, -0.15) is 0 Å². The van der Waals surface area contributed by atoms with Crippen LogP contribution in [-0.4, -0.2) is 18.3 Å². The molecule has 2 aromatic carbocycles. The summed E-state index contributed by atoms with van der Waals surface area (Å²) in [6.07, 6.45) is 1.11. The van der Waals surface area contributed by atoms with Gasteiger partial charge in [-0.05, 0) is 73.7 Å². The topological polar surface area (TPSA) is 67.4 Å². The molecule has 0 saturated heterocycles. The molecule has 7 heteroatoms. The van der Waals surface area contributed by atoms with Gasteiger partial charge in [-0.15, -0.1) is 11.3 Å². The van der Waals surface area contributed by atoms with E-state index in [0.717, 1.165) is 17.0 Å². The van der Waals surface area contributed by atoms with E-state index in [2.05, 4.69) is 16.7 Å². The highest BCUT2D eigenvalue weighted by Crippen LogP contribution is 2.46. The Balaban J connectivity index is 1.55.